The van der Waals surface area contributed by atoms with E-state index in [-0.39, 0.29) is 17.9 Å². The highest BCUT2D eigenvalue weighted by atomic mass is 16.2. The van der Waals surface area contributed by atoms with Crippen LogP contribution in [0.2, 0.25) is 0 Å². The lowest BCUT2D eigenvalue weighted by Gasteiger charge is -2.13. The zero-order valence-corrected chi connectivity index (χ0v) is 14.7. The van der Waals surface area contributed by atoms with Crippen molar-refractivity contribution in [3.63, 3.8) is 0 Å². The van der Waals surface area contributed by atoms with E-state index in [2.05, 4.69) is 21.7 Å². The summed E-state index contributed by atoms with van der Waals surface area (Å²) >= 11 is 0. The van der Waals surface area contributed by atoms with Crippen LogP contribution in [0.15, 0.2) is 30.1 Å². The van der Waals surface area contributed by atoms with E-state index in [1.807, 2.05) is 0 Å². The molecule has 0 radical (unpaired) electrons. The second-order valence-corrected chi connectivity index (χ2v) is 7.03. The molecule has 134 valence electrons. The monoisotopic (exact) mass is 341 g/mol. The van der Waals surface area contributed by atoms with Gasteiger partial charge in [0.2, 0.25) is 0 Å². The highest BCUT2D eigenvalue weighted by molar-refractivity contribution is 5.99. The Labute approximate surface area is 149 Å². The zero-order chi connectivity index (χ0) is 17.5. The molecule has 0 bridgehead atoms. The molecule has 3 rings (SSSR count). The molecular formula is C20H27N3O2. The highest BCUT2D eigenvalue weighted by Gasteiger charge is 2.19. The van der Waals surface area contributed by atoms with Gasteiger partial charge in [0.1, 0.15) is 0 Å². The van der Waals surface area contributed by atoms with Crippen LogP contribution >= 0.6 is 0 Å². The number of hydrogen-bond acceptors (Lipinski definition) is 3. The Balaban J connectivity index is 1.51. The maximum Gasteiger partial charge on any atom is 0.253 e. The van der Waals surface area contributed by atoms with Gasteiger partial charge in [-0.2, -0.15) is 0 Å². The average molecular weight is 341 g/mol. The van der Waals surface area contributed by atoms with Crippen molar-refractivity contribution in [1.82, 2.24) is 15.6 Å². The number of pyridine rings is 1. The molecule has 1 saturated carbocycles. The molecule has 0 unspecified atom stereocenters. The largest absolute Gasteiger partial charge is 0.352 e. The molecule has 2 aliphatic carbocycles. The number of carbonyl (C=O) groups excluding carboxylic acids is 2. The van der Waals surface area contributed by atoms with Crippen molar-refractivity contribution < 1.29 is 9.59 Å². The maximum absolute atomic E-state index is 12.3. The number of nitrogens with one attached hydrogen (secondary N) is 2. The van der Waals surface area contributed by atoms with Gasteiger partial charge in [0.25, 0.3) is 11.8 Å². The maximum atomic E-state index is 12.3. The van der Waals surface area contributed by atoms with Crippen LogP contribution < -0.4 is 10.6 Å². The Kier molecular flexibility index (Phi) is 6.20. The van der Waals surface area contributed by atoms with E-state index < -0.39 is 0 Å². The minimum absolute atomic E-state index is 0.138. The summed E-state index contributed by atoms with van der Waals surface area (Å²) in [5.74, 6) is -0.305. The van der Waals surface area contributed by atoms with Gasteiger partial charge in [-0.3, -0.25) is 14.6 Å². The Bertz CT molecular complexity index is 648. The van der Waals surface area contributed by atoms with Gasteiger partial charge in [0.15, 0.2) is 0 Å². The van der Waals surface area contributed by atoms with Crippen LogP contribution in [0.25, 0.3) is 0 Å². The molecule has 5 heteroatoms. The first kappa shape index (κ1) is 17.6. The normalized spacial score (nSPS) is 17.8. The first-order valence-corrected chi connectivity index (χ1v) is 9.44. The van der Waals surface area contributed by atoms with Crippen molar-refractivity contribution in [2.75, 3.05) is 6.54 Å². The van der Waals surface area contributed by atoms with Crippen LogP contribution in [0.3, 0.4) is 0 Å². The molecule has 1 aromatic heterocycles. The Morgan fingerprint density at radius 2 is 1.80 bits per heavy atom. The van der Waals surface area contributed by atoms with E-state index in [0.29, 0.717) is 17.7 Å². The molecule has 5 nitrogen and oxygen atoms in total. The van der Waals surface area contributed by atoms with Gasteiger partial charge < -0.3 is 10.6 Å². The van der Waals surface area contributed by atoms with Crippen molar-refractivity contribution in [1.29, 1.82) is 0 Å². The lowest BCUT2D eigenvalue weighted by Crippen LogP contribution is -2.33. The molecule has 0 aliphatic heterocycles. The summed E-state index contributed by atoms with van der Waals surface area (Å²) in [5, 5.41) is 5.96. The number of aromatic nitrogens is 1. The molecule has 0 saturated heterocycles. The fourth-order valence-corrected chi connectivity index (χ4v) is 3.60. The quantitative estimate of drug-likeness (QED) is 0.779. The predicted molar refractivity (Wildman–Crippen MR) is 97.5 cm³/mol. The number of nitrogens with zero attached hydrogens (tertiary/aromatic N) is 1. The molecule has 1 heterocycles. The van der Waals surface area contributed by atoms with E-state index in [0.717, 1.165) is 32.1 Å². The number of rotatable bonds is 6. The van der Waals surface area contributed by atoms with Crippen molar-refractivity contribution in [3.8, 4) is 0 Å². The summed E-state index contributed by atoms with van der Waals surface area (Å²) in [6, 6.07) is 1.89. The Hall–Kier alpha value is -2.17. The SMILES string of the molecule is O=C(NCCC1=CCCCC1)c1cncc(C(=O)NC2CCCC2)c1. The van der Waals surface area contributed by atoms with E-state index in [4.69, 9.17) is 0 Å². The third-order valence-corrected chi connectivity index (χ3v) is 5.07. The number of amides is 2. The van der Waals surface area contributed by atoms with E-state index >= 15 is 0 Å². The second kappa shape index (κ2) is 8.79. The van der Waals surface area contributed by atoms with Crippen LogP contribution in [0, 0.1) is 0 Å². The van der Waals surface area contributed by atoms with Crippen LogP contribution in [-0.4, -0.2) is 29.4 Å². The van der Waals surface area contributed by atoms with Crippen LogP contribution in [0.5, 0.6) is 0 Å². The molecule has 2 N–H and O–H groups in total. The lowest BCUT2D eigenvalue weighted by molar-refractivity contribution is 0.0937. The van der Waals surface area contributed by atoms with Gasteiger partial charge >= 0.3 is 0 Å². The summed E-state index contributed by atoms with van der Waals surface area (Å²) in [6.07, 6.45) is 15.5. The minimum Gasteiger partial charge on any atom is -0.352 e. The van der Waals surface area contributed by atoms with E-state index in [1.165, 1.54) is 43.7 Å². The average Bonchev–Trinajstić information content (AvgIpc) is 3.15. The van der Waals surface area contributed by atoms with Crippen LogP contribution in [-0.2, 0) is 0 Å². The van der Waals surface area contributed by atoms with Gasteiger partial charge in [-0.15, -0.1) is 0 Å². The molecule has 2 aliphatic rings. The topological polar surface area (TPSA) is 71.1 Å². The Morgan fingerprint density at radius 3 is 2.52 bits per heavy atom. The molecule has 2 amide bonds. The van der Waals surface area contributed by atoms with Gasteiger partial charge in [0.05, 0.1) is 11.1 Å². The van der Waals surface area contributed by atoms with E-state index in [1.54, 1.807) is 6.07 Å². The zero-order valence-electron chi connectivity index (χ0n) is 14.7. The predicted octanol–water partition coefficient (Wildman–Crippen LogP) is 3.37. The second-order valence-electron chi connectivity index (χ2n) is 7.03. The minimum atomic E-state index is -0.167. The first-order valence-electron chi connectivity index (χ1n) is 9.44. The number of hydrogen-bond donors (Lipinski definition) is 2. The molecular weight excluding hydrogens is 314 g/mol. The van der Waals surface area contributed by atoms with Gasteiger partial charge in [-0.25, -0.2) is 0 Å². The molecule has 25 heavy (non-hydrogen) atoms. The Morgan fingerprint density at radius 1 is 1.04 bits per heavy atom. The van der Waals surface area contributed by atoms with Crippen molar-refractivity contribution in [2.45, 2.75) is 63.8 Å². The summed E-state index contributed by atoms with van der Waals surface area (Å²) in [4.78, 5) is 28.7. The number of allylic oxidation sites excluding steroid dienone is 1. The summed E-state index contributed by atoms with van der Waals surface area (Å²) < 4.78 is 0. The molecule has 0 atom stereocenters. The van der Waals surface area contributed by atoms with Crippen LogP contribution in [0.4, 0.5) is 0 Å². The standard InChI is InChI=1S/C20H27N3O2/c24-19(22-11-10-15-6-2-1-3-7-15)16-12-17(14-21-13-16)20(25)23-18-8-4-5-9-18/h6,12-14,18H,1-5,7-11H2,(H,22,24)(H,23,25). The highest BCUT2D eigenvalue weighted by Crippen LogP contribution is 2.20. The van der Waals surface area contributed by atoms with Gasteiger partial charge in [-0.1, -0.05) is 24.5 Å². The summed E-state index contributed by atoms with van der Waals surface area (Å²) in [5.41, 5.74) is 2.33. The third-order valence-electron chi connectivity index (χ3n) is 5.07. The van der Waals surface area contributed by atoms with Crippen molar-refractivity contribution >= 4 is 11.8 Å². The van der Waals surface area contributed by atoms with Gasteiger partial charge in [-0.05, 0) is 51.0 Å². The van der Waals surface area contributed by atoms with Gasteiger partial charge in [0, 0.05) is 25.0 Å². The van der Waals surface area contributed by atoms with E-state index in [9.17, 15) is 9.59 Å². The summed E-state index contributed by atoms with van der Waals surface area (Å²) in [6.45, 7) is 0.628. The fraction of sp³-hybridized carbons (Fsp3) is 0.550. The first-order chi connectivity index (χ1) is 12.2. The molecule has 1 fully saturated rings. The number of carbonyl (C=O) groups is 2. The van der Waals surface area contributed by atoms with Crippen LogP contribution in [0.1, 0.15) is 78.5 Å². The smallest absolute Gasteiger partial charge is 0.253 e. The molecule has 1 aromatic rings. The molecule has 0 aromatic carbocycles. The lowest BCUT2D eigenvalue weighted by atomic mass is 9.97. The van der Waals surface area contributed by atoms with Crippen molar-refractivity contribution in [2.24, 2.45) is 0 Å². The molecule has 0 spiro atoms. The summed E-state index contributed by atoms with van der Waals surface area (Å²) in [7, 11) is 0. The fourth-order valence-electron chi connectivity index (χ4n) is 3.60. The van der Waals surface area contributed by atoms with Crippen molar-refractivity contribution in [3.05, 3.63) is 41.2 Å². The third kappa shape index (κ3) is 5.15.